The largest absolute Gasteiger partial charge is 0.370 e. The monoisotopic (exact) mass is 477 g/mol. The van der Waals surface area contributed by atoms with Gasteiger partial charge in [0.05, 0.1) is 6.33 Å². The summed E-state index contributed by atoms with van der Waals surface area (Å²) in [6, 6.07) is -2.40. The second-order valence-corrected chi connectivity index (χ2v) is 8.13. The molecular weight excluding hydrogens is 442 g/mol. The van der Waals surface area contributed by atoms with Gasteiger partial charge >= 0.3 is 0 Å². The Balaban J connectivity index is 2.17. The lowest BCUT2D eigenvalue weighted by molar-refractivity contribution is -0.142. The van der Waals surface area contributed by atoms with Gasteiger partial charge < -0.3 is 37.3 Å². The molecule has 0 radical (unpaired) electrons. The van der Waals surface area contributed by atoms with Gasteiger partial charge in [0, 0.05) is 44.9 Å². The molecule has 34 heavy (non-hydrogen) atoms. The van der Waals surface area contributed by atoms with Crippen LogP contribution < -0.4 is 27.4 Å². The third kappa shape index (κ3) is 8.05. The molecule has 2 heterocycles. The fourth-order valence-corrected chi connectivity index (χ4v) is 3.90. The maximum Gasteiger partial charge on any atom is 0.245 e. The van der Waals surface area contributed by atoms with Crippen molar-refractivity contribution in [2.75, 3.05) is 19.6 Å². The van der Waals surface area contributed by atoms with Crippen molar-refractivity contribution in [1.29, 1.82) is 0 Å². The highest BCUT2D eigenvalue weighted by Crippen LogP contribution is 2.20. The topological polar surface area (TPSA) is 201 Å². The number of guanidine groups is 1. The number of aromatic amines is 1. The standard InChI is InChI=1S/C21H35N9O4/c1-3-25-19(33)17-7-5-9-30(17)20(34)15(6-4-8-26-21(22)23)29-18(32)16(28-13(2)31)10-14-11-24-12-27-14/h11-12,15-17H,3-10H2,1-2H3,(H,24,27)(H,25,33)(H,28,31)(H,29,32)(H4,22,23,26)/t15-,16-,17-/m0/s1. The van der Waals surface area contributed by atoms with E-state index in [1.807, 2.05) is 6.92 Å². The van der Waals surface area contributed by atoms with Gasteiger partial charge in [-0.15, -0.1) is 0 Å². The molecule has 13 nitrogen and oxygen atoms in total. The number of aromatic nitrogens is 2. The van der Waals surface area contributed by atoms with E-state index in [0.717, 1.165) is 0 Å². The molecule has 0 unspecified atom stereocenters. The van der Waals surface area contributed by atoms with Crippen molar-refractivity contribution < 1.29 is 19.2 Å². The number of nitrogens with one attached hydrogen (secondary N) is 4. The van der Waals surface area contributed by atoms with Crippen molar-refractivity contribution in [3.05, 3.63) is 18.2 Å². The van der Waals surface area contributed by atoms with Gasteiger partial charge in [0.1, 0.15) is 18.1 Å². The Kier molecular flexibility index (Phi) is 10.3. The smallest absolute Gasteiger partial charge is 0.245 e. The van der Waals surface area contributed by atoms with Gasteiger partial charge in [-0.1, -0.05) is 0 Å². The summed E-state index contributed by atoms with van der Waals surface area (Å²) in [4.78, 5) is 63.0. The van der Waals surface area contributed by atoms with E-state index in [2.05, 4.69) is 30.9 Å². The van der Waals surface area contributed by atoms with Gasteiger partial charge in [-0.05, 0) is 32.6 Å². The second-order valence-electron chi connectivity index (χ2n) is 8.13. The Morgan fingerprint density at radius 2 is 2.03 bits per heavy atom. The minimum atomic E-state index is -0.913. The van der Waals surface area contributed by atoms with Crippen molar-refractivity contribution in [2.24, 2.45) is 16.5 Å². The summed E-state index contributed by atoms with van der Waals surface area (Å²) < 4.78 is 0. The Morgan fingerprint density at radius 3 is 2.65 bits per heavy atom. The number of imidazole rings is 1. The van der Waals surface area contributed by atoms with Crippen LogP contribution in [-0.4, -0.2) is 82.2 Å². The fourth-order valence-electron chi connectivity index (χ4n) is 3.90. The van der Waals surface area contributed by atoms with Crippen LogP contribution in [0.1, 0.15) is 45.2 Å². The quantitative estimate of drug-likeness (QED) is 0.115. The Labute approximate surface area is 198 Å². The lowest BCUT2D eigenvalue weighted by atomic mass is 10.1. The molecule has 13 heteroatoms. The van der Waals surface area contributed by atoms with E-state index in [9.17, 15) is 19.2 Å². The van der Waals surface area contributed by atoms with Gasteiger partial charge in [0.25, 0.3) is 0 Å². The normalized spacial score (nSPS) is 16.9. The predicted octanol–water partition coefficient (Wildman–Crippen LogP) is -1.88. The zero-order valence-corrected chi connectivity index (χ0v) is 19.7. The summed E-state index contributed by atoms with van der Waals surface area (Å²) in [5.74, 6) is -1.53. The van der Waals surface area contributed by atoms with Crippen molar-refractivity contribution in [1.82, 2.24) is 30.8 Å². The number of carbonyl (C=O) groups is 4. The van der Waals surface area contributed by atoms with Crippen LogP contribution in [0.4, 0.5) is 0 Å². The molecule has 0 aliphatic carbocycles. The first-order chi connectivity index (χ1) is 16.2. The molecule has 8 N–H and O–H groups in total. The second kappa shape index (κ2) is 13.2. The Morgan fingerprint density at radius 1 is 1.26 bits per heavy atom. The lowest BCUT2D eigenvalue weighted by Gasteiger charge is -2.29. The highest BCUT2D eigenvalue weighted by atomic mass is 16.2. The van der Waals surface area contributed by atoms with E-state index in [4.69, 9.17) is 11.5 Å². The average Bonchev–Trinajstić information content (AvgIpc) is 3.46. The maximum atomic E-state index is 13.4. The number of likely N-dealkylation sites (tertiary alicyclic amines) is 1. The van der Waals surface area contributed by atoms with Crippen LogP contribution in [0, 0.1) is 0 Å². The molecule has 1 aromatic rings. The van der Waals surface area contributed by atoms with Gasteiger partial charge in [-0.3, -0.25) is 24.2 Å². The first-order valence-electron chi connectivity index (χ1n) is 11.4. The number of carbonyl (C=O) groups excluding carboxylic acids is 4. The third-order valence-electron chi connectivity index (χ3n) is 5.42. The summed E-state index contributed by atoms with van der Waals surface area (Å²) >= 11 is 0. The SMILES string of the molecule is CCNC(=O)[C@@H]1CCCN1C(=O)[C@H](CCCN=C(N)N)NC(=O)[C@H](Cc1cnc[nH]1)NC(C)=O. The summed E-state index contributed by atoms with van der Waals surface area (Å²) in [5, 5.41) is 8.14. The van der Waals surface area contributed by atoms with Crippen LogP contribution in [0.25, 0.3) is 0 Å². The average molecular weight is 478 g/mol. The highest BCUT2D eigenvalue weighted by molar-refractivity contribution is 5.94. The summed E-state index contributed by atoms with van der Waals surface area (Å²) in [7, 11) is 0. The molecule has 1 aliphatic heterocycles. The van der Waals surface area contributed by atoms with Crippen LogP contribution in [0.3, 0.4) is 0 Å². The van der Waals surface area contributed by atoms with Crippen molar-refractivity contribution in [3.8, 4) is 0 Å². The molecule has 4 amide bonds. The van der Waals surface area contributed by atoms with Crippen molar-refractivity contribution in [3.63, 3.8) is 0 Å². The maximum absolute atomic E-state index is 13.4. The first-order valence-corrected chi connectivity index (χ1v) is 11.4. The molecule has 1 fully saturated rings. The Bertz CT molecular complexity index is 868. The van der Waals surface area contributed by atoms with E-state index in [1.165, 1.54) is 18.2 Å². The number of hydrogen-bond donors (Lipinski definition) is 6. The molecule has 0 bridgehead atoms. The molecule has 1 saturated heterocycles. The Hall–Kier alpha value is -3.64. The van der Waals surface area contributed by atoms with Crippen LogP contribution in [0.2, 0.25) is 0 Å². The number of nitrogens with zero attached hydrogens (tertiary/aromatic N) is 3. The minimum Gasteiger partial charge on any atom is -0.370 e. The number of hydrogen-bond acceptors (Lipinski definition) is 6. The molecule has 1 aromatic heterocycles. The van der Waals surface area contributed by atoms with E-state index in [1.54, 1.807) is 6.20 Å². The van der Waals surface area contributed by atoms with E-state index < -0.39 is 24.0 Å². The molecule has 3 atom stereocenters. The zero-order valence-electron chi connectivity index (χ0n) is 19.7. The van der Waals surface area contributed by atoms with Gasteiger partial charge in [0.15, 0.2) is 5.96 Å². The number of H-pyrrole nitrogens is 1. The number of likely N-dealkylation sites (N-methyl/N-ethyl adjacent to an activating group) is 1. The van der Waals surface area contributed by atoms with Crippen molar-refractivity contribution in [2.45, 2.75) is 64.1 Å². The molecule has 1 aliphatic rings. The van der Waals surface area contributed by atoms with E-state index >= 15 is 0 Å². The molecule has 2 rings (SSSR count). The number of rotatable bonds is 12. The van der Waals surface area contributed by atoms with Crippen LogP contribution in [0.15, 0.2) is 17.5 Å². The molecule has 0 saturated carbocycles. The van der Waals surface area contributed by atoms with Gasteiger partial charge in [-0.25, -0.2) is 4.98 Å². The summed E-state index contributed by atoms with van der Waals surface area (Å²) in [6.45, 7) is 4.29. The molecule has 188 valence electrons. The number of nitrogens with two attached hydrogens (primary N) is 2. The predicted molar refractivity (Wildman–Crippen MR) is 125 cm³/mol. The van der Waals surface area contributed by atoms with E-state index in [0.29, 0.717) is 38.0 Å². The molecule has 0 spiro atoms. The van der Waals surface area contributed by atoms with E-state index in [-0.39, 0.29) is 43.1 Å². The minimum absolute atomic E-state index is 0.0620. The first kappa shape index (κ1) is 26.6. The number of aliphatic imine (C=N–C) groups is 1. The highest BCUT2D eigenvalue weighted by Gasteiger charge is 2.38. The lowest BCUT2D eigenvalue weighted by Crippen LogP contribution is -2.57. The zero-order chi connectivity index (χ0) is 25.1. The summed E-state index contributed by atoms with van der Waals surface area (Å²) in [5.41, 5.74) is 11.4. The third-order valence-corrected chi connectivity index (χ3v) is 5.42. The molecule has 0 aromatic carbocycles. The van der Waals surface area contributed by atoms with Crippen molar-refractivity contribution >= 4 is 29.6 Å². The van der Waals surface area contributed by atoms with Crippen LogP contribution >= 0.6 is 0 Å². The van der Waals surface area contributed by atoms with Crippen LogP contribution in [0.5, 0.6) is 0 Å². The summed E-state index contributed by atoms with van der Waals surface area (Å²) in [6.07, 6.45) is 5.14. The fraction of sp³-hybridized carbons (Fsp3) is 0.619. The van der Waals surface area contributed by atoms with Gasteiger partial charge in [0.2, 0.25) is 23.6 Å². The van der Waals surface area contributed by atoms with Crippen LogP contribution in [-0.2, 0) is 25.6 Å². The van der Waals surface area contributed by atoms with Gasteiger partial charge in [-0.2, -0.15) is 0 Å². The molecular formula is C21H35N9O4. The number of amides is 4.